The molecule has 1 heterocycles. The number of hydrogen-bond acceptors (Lipinski definition) is 5. The molecule has 0 aliphatic carbocycles. The van der Waals surface area contributed by atoms with Crippen molar-refractivity contribution in [2.24, 2.45) is 0 Å². The number of thioether (sulfide) groups is 1. The molecule has 0 saturated carbocycles. The van der Waals surface area contributed by atoms with Gasteiger partial charge >= 0.3 is 0 Å². The number of carbonyl (C=O) groups excluding carboxylic acids is 1. The summed E-state index contributed by atoms with van der Waals surface area (Å²) in [4.78, 5) is 24.6. The van der Waals surface area contributed by atoms with Gasteiger partial charge in [0.25, 0.3) is 11.6 Å². The van der Waals surface area contributed by atoms with E-state index >= 15 is 0 Å². The molecular weight excluding hydrogens is 403 g/mol. The van der Waals surface area contributed by atoms with Crippen LogP contribution in [0.4, 0.5) is 11.4 Å². The molecule has 0 unspecified atom stereocenters. The molecule has 1 fully saturated rings. The number of non-ortho nitro benzene ring substituents is 1. The maximum absolute atomic E-state index is 12.7. The lowest BCUT2D eigenvalue weighted by Gasteiger charge is -2.16. The Bertz CT molecular complexity index is 929. The van der Waals surface area contributed by atoms with Gasteiger partial charge in [0, 0.05) is 17.2 Å². The summed E-state index contributed by atoms with van der Waals surface area (Å²) in [5.74, 6) is -0.308. The quantitative estimate of drug-likeness (QED) is 0.297. The first-order valence-corrected chi connectivity index (χ1v) is 8.82. The summed E-state index contributed by atoms with van der Waals surface area (Å²) in [6.45, 7) is 0. The van der Waals surface area contributed by atoms with Crippen molar-refractivity contribution < 1.29 is 9.72 Å². The number of nitrogens with zero attached hydrogens (tertiary/aromatic N) is 2. The highest BCUT2D eigenvalue weighted by atomic mass is 35.5. The largest absolute Gasteiger partial charge is 0.270 e. The molecule has 9 heteroatoms. The number of carbonyl (C=O) groups is 1. The van der Waals surface area contributed by atoms with Gasteiger partial charge in [-0.05, 0) is 42.0 Å². The number of nitro benzene ring substituents is 1. The zero-order chi connectivity index (χ0) is 18.1. The van der Waals surface area contributed by atoms with Crippen LogP contribution in [0.2, 0.25) is 10.0 Å². The van der Waals surface area contributed by atoms with E-state index in [0.717, 1.165) is 11.8 Å². The molecule has 0 bridgehead atoms. The predicted octanol–water partition coefficient (Wildman–Crippen LogP) is 5.31. The maximum atomic E-state index is 12.7. The number of amides is 1. The number of benzene rings is 2. The average molecular weight is 411 g/mol. The van der Waals surface area contributed by atoms with E-state index in [2.05, 4.69) is 0 Å². The van der Waals surface area contributed by atoms with E-state index in [9.17, 15) is 14.9 Å². The van der Waals surface area contributed by atoms with Crippen molar-refractivity contribution in [2.75, 3.05) is 4.90 Å². The SMILES string of the molecule is O=C1/C(=C/c2ccc([N+](=O)[O-])cc2)SC(=S)N1c1ccc(Cl)cc1Cl. The summed E-state index contributed by atoms with van der Waals surface area (Å²) in [5, 5.41) is 11.5. The van der Waals surface area contributed by atoms with E-state index in [1.165, 1.54) is 23.1 Å². The third-order valence-corrected chi connectivity index (χ3v) is 5.19. The van der Waals surface area contributed by atoms with E-state index < -0.39 is 4.92 Å². The first kappa shape index (κ1) is 17.9. The lowest BCUT2D eigenvalue weighted by Crippen LogP contribution is -2.27. The number of anilines is 1. The molecule has 2 aromatic rings. The van der Waals surface area contributed by atoms with E-state index in [-0.39, 0.29) is 11.6 Å². The molecule has 0 aromatic heterocycles. The summed E-state index contributed by atoms with van der Waals surface area (Å²) in [6.07, 6.45) is 1.63. The molecule has 0 radical (unpaired) electrons. The molecule has 5 nitrogen and oxygen atoms in total. The van der Waals surface area contributed by atoms with E-state index in [1.54, 1.807) is 30.3 Å². The molecule has 0 atom stereocenters. The molecular formula is C16H8Cl2N2O3S2. The van der Waals surface area contributed by atoms with Crippen LogP contribution in [0.1, 0.15) is 5.56 Å². The molecule has 1 amide bonds. The van der Waals surface area contributed by atoms with Crippen LogP contribution in [0.3, 0.4) is 0 Å². The molecule has 126 valence electrons. The molecule has 2 aromatic carbocycles. The lowest BCUT2D eigenvalue weighted by molar-refractivity contribution is -0.384. The van der Waals surface area contributed by atoms with Gasteiger partial charge in [-0.3, -0.25) is 19.8 Å². The van der Waals surface area contributed by atoms with Crippen molar-refractivity contribution in [3.63, 3.8) is 0 Å². The van der Waals surface area contributed by atoms with Gasteiger partial charge in [0.2, 0.25) is 0 Å². The Kier molecular flexibility index (Phi) is 5.10. The first-order valence-electron chi connectivity index (χ1n) is 6.84. The van der Waals surface area contributed by atoms with E-state index in [1.807, 2.05) is 0 Å². The monoisotopic (exact) mass is 410 g/mol. The van der Waals surface area contributed by atoms with Gasteiger partial charge in [0.15, 0.2) is 4.32 Å². The van der Waals surface area contributed by atoms with Gasteiger partial charge in [-0.1, -0.05) is 47.2 Å². The minimum absolute atomic E-state index is 0.0161. The van der Waals surface area contributed by atoms with Crippen LogP contribution < -0.4 is 4.90 Å². The number of nitro groups is 1. The average Bonchev–Trinajstić information content (AvgIpc) is 2.82. The predicted molar refractivity (Wildman–Crippen MR) is 105 cm³/mol. The normalized spacial score (nSPS) is 15.9. The number of rotatable bonds is 3. The second-order valence-electron chi connectivity index (χ2n) is 4.96. The van der Waals surface area contributed by atoms with Gasteiger partial charge in [0.1, 0.15) is 0 Å². The second kappa shape index (κ2) is 7.13. The molecule has 1 aliphatic rings. The molecule has 3 rings (SSSR count). The highest BCUT2D eigenvalue weighted by Gasteiger charge is 2.34. The fourth-order valence-electron chi connectivity index (χ4n) is 2.18. The van der Waals surface area contributed by atoms with Crippen LogP contribution >= 0.6 is 47.2 Å². The Morgan fingerprint density at radius 2 is 1.84 bits per heavy atom. The fraction of sp³-hybridized carbons (Fsp3) is 0. The van der Waals surface area contributed by atoms with E-state index in [0.29, 0.717) is 30.5 Å². The van der Waals surface area contributed by atoms with Crippen molar-refractivity contribution in [3.05, 3.63) is 73.1 Å². The zero-order valence-electron chi connectivity index (χ0n) is 12.3. The van der Waals surface area contributed by atoms with Crippen LogP contribution in [0.15, 0.2) is 47.4 Å². The van der Waals surface area contributed by atoms with Crippen LogP contribution in [0, 0.1) is 10.1 Å². The highest BCUT2D eigenvalue weighted by Crippen LogP contribution is 2.39. The summed E-state index contributed by atoms with van der Waals surface area (Å²) in [6, 6.07) is 10.7. The van der Waals surface area contributed by atoms with Crippen molar-refractivity contribution in [2.45, 2.75) is 0 Å². The zero-order valence-corrected chi connectivity index (χ0v) is 15.5. The van der Waals surface area contributed by atoms with Gasteiger partial charge in [0.05, 0.1) is 20.5 Å². The lowest BCUT2D eigenvalue weighted by atomic mass is 10.2. The van der Waals surface area contributed by atoms with Gasteiger partial charge in [-0.2, -0.15) is 0 Å². The highest BCUT2D eigenvalue weighted by molar-refractivity contribution is 8.27. The minimum Gasteiger partial charge on any atom is -0.268 e. The number of hydrogen-bond donors (Lipinski definition) is 0. The minimum atomic E-state index is -0.480. The number of halogens is 2. The van der Waals surface area contributed by atoms with Crippen LogP contribution in [-0.4, -0.2) is 15.2 Å². The van der Waals surface area contributed by atoms with Gasteiger partial charge < -0.3 is 0 Å². The molecule has 1 aliphatic heterocycles. The summed E-state index contributed by atoms with van der Waals surface area (Å²) >= 11 is 18.5. The van der Waals surface area contributed by atoms with Crippen LogP contribution in [-0.2, 0) is 4.79 Å². The summed E-state index contributed by atoms with van der Waals surface area (Å²) in [5.41, 5.74) is 1.10. The maximum Gasteiger partial charge on any atom is 0.270 e. The van der Waals surface area contributed by atoms with Crippen LogP contribution in [0.25, 0.3) is 6.08 Å². The Labute approximate surface area is 162 Å². The van der Waals surface area contributed by atoms with Gasteiger partial charge in [-0.15, -0.1) is 0 Å². The standard InChI is InChI=1S/C16H8Cl2N2O3S2/c17-10-3-6-13(12(18)8-10)19-15(21)14(25-16(19)24)7-9-1-4-11(5-2-9)20(22)23/h1-8H/b14-7-. The Morgan fingerprint density at radius 3 is 2.44 bits per heavy atom. The Morgan fingerprint density at radius 1 is 1.16 bits per heavy atom. The third kappa shape index (κ3) is 3.69. The van der Waals surface area contributed by atoms with Crippen molar-refractivity contribution in [3.8, 4) is 0 Å². The van der Waals surface area contributed by atoms with E-state index in [4.69, 9.17) is 35.4 Å². The van der Waals surface area contributed by atoms with Crippen LogP contribution in [0.5, 0.6) is 0 Å². The van der Waals surface area contributed by atoms with Gasteiger partial charge in [-0.25, -0.2) is 0 Å². The topological polar surface area (TPSA) is 63.4 Å². The van der Waals surface area contributed by atoms with Crippen molar-refractivity contribution in [1.29, 1.82) is 0 Å². The molecule has 0 spiro atoms. The number of thiocarbonyl (C=S) groups is 1. The summed E-state index contributed by atoms with van der Waals surface area (Å²) < 4.78 is 0.349. The molecule has 0 N–H and O–H groups in total. The summed E-state index contributed by atoms with van der Waals surface area (Å²) in [7, 11) is 0. The molecule has 25 heavy (non-hydrogen) atoms. The Hall–Kier alpha value is -1.93. The third-order valence-electron chi connectivity index (χ3n) is 3.35. The van der Waals surface area contributed by atoms with Crippen molar-refractivity contribution >= 4 is 74.9 Å². The second-order valence-corrected chi connectivity index (χ2v) is 7.48. The molecule has 1 saturated heterocycles. The smallest absolute Gasteiger partial charge is 0.268 e. The fourth-order valence-corrected chi connectivity index (χ4v) is 3.96. The Balaban J connectivity index is 1.91. The van der Waals surface area contributed by atoms with Crippen molar-refractivity contribution in [1.82, 2.24) is 0 Å². The first-order chi connectivity index (χ1) is 11.9.